The molecule has 0 aliphatic carbocycles. The maximum absolute atomic E-state index is 12.2. The Morgan fingerprint density at radius 1 is 1.52 bits per heavy atom. The molecule has 2 aliphatic rings. The predicted octanol–water partition coefficient (Wildman–Crippen LogP) is 1.22. The van der Waals surface area contributed by atoms with Gasteiger partial charge in [-0.05, 0) is 19.1 Å². The van der Waals surface area contributed by atoms with E-state index >= 15 is 0 Å². The molecule has 1 atom stereocenters. The Morgan fingerprint density at radius 2 is 2.29 bits per heavy atom. The molecule has 1 amide bonds. The van der Waals surface area contributed by atoms with Crippen LogP contribution in [-0.2, 0) is 14.3 Å². The van der Waals surface area contributed by atoms with Crippen LogP contribution in [0.5, 0.6) is 5.75 Å². The quantitative estimate of drug-likeness (QED) is 0.827. The summed E-state index contributed by atoms with van der Waals surface area (Å²) in [6, 6.07) is 7.07. The third-order valence-corrected chi connectivity index (χ3v) is 4.40. The van der Waals surface area contributed by atoms with E-state index in [1.807, 2.05) is 0 Å². The summed E-state index contributed by atoms with van der Waals surface area (Å²) in [5.41, 5.74) is 6.73. The van der Waals surface area contributed by atoms with Crippen molar-refractivity contribution >= 4 is 29.3 Å². The number of amides is 1. The van der Waals surface area contributed by atoms with E-state index < -0.39 is 11.3 Å². The van der Waals surface area contributed by atoms with Crippen molar-refractivity contribution in [2.75, 3.05) is 17.3 Å². The van der Waals surface area contributed by atoms with E-state index in [9.17, 15) is 9.59 Å². The number of ether oxygens (including phenoxy) is 2. The maximum Gasteiger partial charge on any atom is 0.342 e. The van der Waals surface area contributed by atoms with Crippen molar-refractivity contribution in [1.82, 2.24) is 0 Å². The first kappa shape index (κ1) is 13.8. The third-order valence-electron chi connectivity index (χ3n) is 3.22. The zero-order valence-corrected chi connectivity index (χ0v) is 12.2. The number of anilines is 1. The summed E-state index contributed by atoms with van der Waals surface area (Å²) in [4.78, 5) is 25.9. The molecule has 0 bridgehead atoms. The summed E-state index contributed by atoms with van der Waals surface area (Å²) in [6.07, 6.45) is 0. The number of thioether (sulfide) groups is 1. The van der Waals surface area contributed by atoms with Gasteiger partial charge in [0.1, 0.15) is 10.9 Å². The predicted molar refractivity (Wildman–Crippen MR) is 78.6 cm³/mol. The average molecular weight is 306 g/mol. The highest BCUT2D eigenvalue weighted by Gasteiger charge is 2.43. The van der Waals surface area contributed by atoms with Crippen molar-refractivity contribution in [3.8, 4) is 5.75 Å². The first-order valence-electron chi connectivity index (χ1n) is 6.50. The van der Waals surface area contributed by atoms with Gasteiger partial charge < -0.3 is 15.2 Å². The lowest BCUT2D eigenvalue weighted by molar-refractivity contribution is -0.138. The highest BCUT2D eigenvalue weighted by atomic mass is 32.2. The van der Waals surface area contributed by atoms with Gasteiger partial charge in [-0.2, -0.15) is 0 Å². The molecular weight excluding hydrogens is 292 g/mol. The lowest BCUT2D eigenvalue weighted by Gasteiger charge is -2.23. The number of hydrogen-bond donors (Lipinski definition) is 1. The molecule has 0 radical (unpaired) electrons. The van der Waals surface area contributed by atoms with Crippen LogP contribution >= 0.6 is 11.8 Å². The van der Waals surface area contributed by atoms with E-state index in [2.05, 4.69) is 0 Å². The van der Waals surface area contributed by atoms with E-state index in [4.69, 9.17) is 15.2 Å². The van der Waals surface area contributed by atoms with Crippen LogP contribution < -0.4 is 15.4 Å². The number of benzene rings is 1. The minimum absolute atomic E-state index is 0.0180. The summed E-state index contributed by atoms with van der Waals surface area (Å²) in [5, 5.41) is -0.514. The zero-order valence-electron chi connectivity index (χ0n) is 11.4. The van der Waals surface area contributed by atoms with Crippen LogP contribution in [0.1, 0.15) is 6.92 Å². The van der Waals surface area contributed by atoms with Crippen molar-refractivity contribution in [3.05, 3.63) is 35.7 Å². The molecule has 21 heavy (non-hydrogen) atoms. The smallest absolute Gasteiger partial charge is 0.342 e. The van der Waals surface area contributed by atoms with Crippen molar-refractivity contribution in [3.63, 3.8) is 0 Å². The van der Waals surface area contributed by atoms with Gasteiger partial charge in [0, 0.05) is 0 Å². The normalized spacial score (nSPS) is 20.5. The number of carbonyl (C=O) groups is 2. The second-order valence-corrected chi connectivity index (χ2v) is 5.56. The minimum atomic E-state index is -0.556. The number of esters is 1. The van der Waals surface area contributed by atoms with Gasteiger partial charge in [0.15, 0.2) is 5.75 Å². The van der Waals surface area contributed by atoms with Crippen LogP contribution in [0, 0.1) is 0 Å². The van der Waals surface area contributed by atoms with E-state index in [0.29, 0.717) is 11.4 Å². The summed E-state index contributed by atoms with van der Waals surface area (Å²) < 4.78 is 10.6. The van der Waals surface area contributed by atoms with Gasteiger partial charge in [-0.25, -0.2) is 4.79 Å². The molecule has 0 saturated carbocycles. The molecule has 2 heterocycles. The summed E-state index contributed by atoms with van der Waals surface area (Å²) in [6.45, 7) is 1.94. The van der Waals surface area contributed by atoms with Crippen LogP contribution in [-0.4, -0.2) is 29.6 Å². The summed E-state index contributed by atoms with van der Waals surface area (Å²) in [5.74, 6) is 0.0816. The van der Waals surface area contributed by atoms with Gasteiger partial charge in [-0.15, -0.1) is 11.8 Å². The minimum Gasteiger partial charge on any atom is -0.462 e. The van der Waals surface area contributed by atoms with E-state index in [-0.39, 0.29) is 29.7 Å². The number of para-hydroxylation sites is 2. The van der Waals surface area contributed by atoms with Crippen molar-refractivity contribution in [2.45, 2.75) is 12.3 Å². The maximum atomic E-state index is 12.2. The molecule has 3 rings (SSSR count). The number of carbonyl (C=O) groups excluding carboxylic acids is 2. The molecule has 2 aliphatic heterocycles. The number of rotatable bonds is 2. The van der Waals surface area contributed by atoms with Crippen molar-refractivity contribution < 1.29 is 19.1 Å². The topological polar surface area (TPSA) is 81.9 Å². The zero-order chi connectivity index (χ0) is 15.0. The van der Waals surface area contributed by atoms with E-state index in [1.54, 1.807) is 36.1 Å². The van der Waals surface area contributed by atoms with Crippen LogP contribution in [0.4, 0.5) is 5.69 Å². The lowest BCUT2D eigenvalue weighted by Crippen LogP contribution is -2.36. The SMILES string of the molecule is CCOC(=O)C1=C(N)Oc2ccccc2N2C(=O)CSC12. The molecule has 7 heteroatoms. The second kappa shape index (κ2) is 5.33. The molecular formula is C14H14N2O4S. The molecule has 2 N–H and O–H groups in total. The molecule has 1 fully saturated rings. The van der Waals surface area contributed by atoms with E-state index in [1.165, 1.54) is 11.8 Å². The molecule has 110 valence electrons. The number of nitrogens with zero attached hydrogens (tertiary/aromatic N) is 1. The first-order chi connectivity index (χ1) is 10.1. The third kappa shape index (κ3) is 2.23. The monoisotopic (exact) mass is 306 g/mol. The van der Waals surface area contributed by atoms with Gasteiger partial charge in [-0.3, -0.25) is 9.69 Å². The summed E-state index contributed by atoms with van der Waals surface area (Å²) >= 11 is 1.34. The molecule has 1 aromatic carbocycles. The van der Waals surface area contributed by atoms with Gasteiger partial charge in [0.25, 0.3) is 0 Å². The van der Waals surface area contributed by atoms with Gasteiger partial charge in [0.05, 0.1) is 18.0 Å². The van der Waals surface area contributed by atoms with Gasteiger partial charge in [-0.1, -0.05) is 12.1 Å². The average Bonchev–Trinajstić information content (AvgIpc) is 2.76. The Bertz CT molecular complexity index is 644. The largest absolute Gasteiger partial charge is 0.462 e. The standard InChI is InChI=1S/C14H14N2O4S/c1-2-19-14(18)11-12(15)20-9-6-4-3-5-8(9)16-10(17)7-21-13(11)16/h3-6,13H,2,7,15H2,1H3. The molecule has 0 spiro atoms. The lowest BCUT2D eigenvalue weighted by atomic mass is 10.2. The fourth-order valence-corrected chi connectivity index (χ4v) is 3.54. The van der Waals surface area contributed by atoms with Crippen LogP contribution in [0.25, 0.3) is 0 Å². The fourth-order valence-electron chi connectivity index (χ4n) is 2.35. The Labute approximate surface area is 125 Å². The van der Waals surface area contributed by atoms with Gasteiger partial charge in [0.2, 0.25) is 11.8 Å². The molecule has 0 aromatic heterocycles. The van der Waals surface area contributed by atoms with Gasteiger partial charge >= 0.3 is 5.97 Å². The van der Waals surface area contributed by atoms with Crippen LogP contribution in [0.3, 0.4) is 0 Å². The van der Waals surface area contributed by atoms with Crippen molar-refractivity contribution in [2.24, 2.45) is 5.73 Å². The Balaban J connectivity index is 2.12. The molecule has 1 saturated heterocycles. The second-order valence-electron chi connectivity index (χ2n) is 4.50. The number of nitrogens with two attached hydrogens (primary N) is 1. The summed E-state index contributed by atoms with van der Waals surface area (Å²) in [7, 11) is 0. The molecule has 1 aromatic rings. The molecule has 6 nitrogen and oxygen atoms in total. The Kier molecular flexibility index (Phi) is 3.50. The van der Waals surface area contributed by atoms with E-state index in [0.717, 1.165) is 0 Å². The Morgan fingerprint density at radius 3 is 3.05 bits per heavy atom. The fraction of sp³-hybridized carbons (Fsp3) is 0.286. The molecule has 1 unspecified atom stereocenters. The van der Waals surface area contributed by atoms with Crippen LogP contribution in [0.15, 0.2) is 35.7 Å². The highest BCUT2D eigenvalue weighted by Crippen LogP contribution is 2.43. The highest BCUT2D eigenvalue weighted by molar-refractivity contribution is 8.01. The first-order valence-corrected chi connectivity index (χ1v) is 7.55. The van der Waals surface area contributed by atoms with Crippen LogP contribution in [0.2, 0.25) is 0 Å². The van der Waals surface area contributed by atoms with Crippen molar-refractivity contribution in [1.29, 1.82) is 0 Å². The number of fused-ring (bicyclic) bond motifs is 3. The number of hydrogen-bond acceptors (Lipinski definition) is 6. The Hall–Kier alpha value is -2.15.